The Balaban J connectivity index is 2.29. The van der Waals surface area contributed by atoms with Crippen LogP contribution < -0.4 is 10.6 Å². The van der Waals surface area contributed by atoms with Crippen molar-refractivity contribution in [2.45, 2.75) is 18.4 Å². The van der Waals surface area contributed by atoms with E-state index in [-0.39, 0.29) is 11.6 Å². The standard InChI is InChI=1S/C11H12ClFN2O/c1-15(10(16)11(14)4-5-11)9-6-7(12)2-3-8(9)13/h2-3,6H,4-5,14H2,1H3. The molecule has 0 radical (unpaired) electrons. The Morgan fingerprint density at radius 3 is 2.75 bits per heavy atom. The van der Waals surface area contributed by atoms with Gasteiger partial charge in [0.25, 0.3) is 0 Å². The Morgan fingerprint density at radius 2 is 2.19 bits per heavy atom. The molecule has 2 rings (SSSR count). The van der Waals surface area contributed by atoms with Crippen molar-refractivity contribution >= 4 is 23.2 Å². The van der Waals surface area contributed by atoms with Crippen LogP contribution in [0.15, 0.2) is 18.2 Å². The van der Waals surface area contributed by atoms with Crippen LogP contribution in [-0.4, -0.2) is 18.5 Å². The molecule has 1 aromatic rings. The third kappa shape index (κ3) is 1.90. The fraction of sp³-hybridized carbons (Fsp3) is 0.364. The van der Waals surface area contributed by atoms with Gasteiger partial charge in [0.15, 0.2) is 0 Å². The predicted octanol–water partition coefficient (Wildman–Crippen LogP) is 1.93. The quantitative estimate of drug-likeness (QED) is 0.862. The van der Waals surface area contributed by atoms with Crippen LogP contribution in [0, 0.1) is 5.82 Å². The summed E-state index contributed by atoms with van der Waals surface area (Å²) >= 11 is 5.76. The minimum Gasteiger partial charge on any atom is -0.317 e. The maximum Gasteiger partial charge on any atom is 0.246 e. The fourth-order valence-electron chi connectivity index (χ4n) is 1.53. The zero-order valence-electron chi connectivity index (χ0n) is 8.84. The zero-order chi connectivity index (χ0) is 11.9. The van der Waals surface area contributed by atoms with Crippen molar-refractivity contribution < 1.29 is 9.18 Å². The van der Waals surface area contributed by atoms with E-state index in [1.165, 1.54) is 30.1 Å². The second kappa shape index (κ2) is 3.71. The molecule has 0 aromatic heterocycles. The second-order valence-electron chi connectivity index (χ2n) is 4.12. The molecule has 5 heteroatoms. The van der Waals surface area contributed by atoms with Gasteiger partial charge in [0.05, 0.1) is 11.2 Å². The molecule has 86 valence electrons. The Bertz CT molecular complexity index is 446. The van der Waals surface area contributed by atoms with Gasteiger partial charge in [-0.25, -0.2) is 4.39 Å². The van der Waals surface area contributed by atoms with Gasteiger partial charge in [-0.1, -0.05) is 11.6 Å². The molecular formula is C11H12ClFN2O. The average Bonchev–Trinajstić information content (AvgIpc) is 2.99. The lowest BCUT2D eigenvalue weighted by Gasteiger charge is -2.21. The maximum absolute atomic E-state index is 13.5. The molecule has 16 heavy (non-hydrogen) atoms. The molecule has 1 fully saturated rings. The van der Waals surface area contributed by atoms with Crippen LogP contribution in [0.1, 0.15) is 12.8 Å². The minimum absolute atomic E-state index is 0.161. The number of benzene rings is 1. The first-order chi connectivity index (χ1) is 7.44. The van der Waals surface area contributed by atoms with E-state index < -0.39 is 11.4 Å². The summed E-state index contributed by atoms with van der Waals surface area (Å²) in [6.07, 6.45) is 1.30. The Hall–Kier alpha value is -1.13. The first kappa shape index (κ1) is 11.4. The van der Waals surface area contributed by atoms with Gasteiger partial charge in [-0.15, -0.1) is 0 Å². The molecule has 1 amide bonds. The van der Waals surface area contributed by atoms with E-state index in [2.05, 4.69) is 0 Å². The lowest BCUT2D eigenvalue weighted by atomic mass is 10.2. The molecule has 0 atom stereocenters. The highest BCUT2D eigenvalue weighted by atomic mass is 35.5. The van der Waals surface area contributed by atoms with Crippen LogP contribution in [-0.2, 0) is 4.79 Å². The number of hydrogen-bond acceptors (Lipinski definition) is 2. The second-order valence-corrected chi connectivity index (χ2v) is 4.55. The third-order valence-corrected chi connectivity index (χ3v) is 3.02. The molecule has 1 saturated carbocycles. The number of nitrogens with zero attached hydrogens (tertiary/aromatic N) is 1. The molecule has 0 spiro atoms. The molecule has 0 unspecified atom stereocenters. The monoisotopic (exact) mass is 242 g/mol. The number of likely N-dealkylation sites (N-methyl/N-ethyl adjacent to an activating group) is 1. The summed E-state index contributed by atoms with van der Waals surface area (Å²) in [5.41, 5.74) is 5.13. The Kier molecular flexibility index (Phi) is 2.64. The zero-order valence-corrected chi connectivity index (χ0v) is 9.59. The van der Waals surface area contributed by atoms with Crippen LogP contribution in [0.3, 0.4) is 0 Å². The predicted molar refractivity (Wildman–Crippen MR) is 61.0 cm³/mol. The molecule has 3 nitrogen and oxygen atoms in total. The van der Waals surface area contributed by atoms with Crippen molar-refractivity contribution in [3.05, 3.63) is 29.0 Å². The van der Waals surface area contributed by atoms with Gasteiger partial charge >= 0.3 is 0 Å². The van der Waals surface area contributed by atoms with Crippen LogP contribution >= 0.6 is 11.6 Å². The highest BCUT2D eigenvalue weighted by molar-refractivity contribution is 6.31. The first-order valence-corrected chi connectivity index (χ1v) is 5.34. The van der Waals surface area contributed by atoms with Crippen LogP contribution in [0.4, 0.5) is 10.1 Å². The Labute approximate surface area is 98.0 Å². The number of anilines is 1. The lowest BCUT2D eigenvalue weighted by Crippen LogP contribution is -2.44. The van der Waals surface area contributed by atoms with E-state index in [1.807, 2.05) is 0 Å². The number of nitrogens with two attached hydrogens (primary N) is 1. The van der Waals surface area contributed by atoms with Gasteiger partial charge in [0.1, 0.15) is 5.82 Å². The van der Waals surface area contributed by atoms with Crippen molar-refractivity contribution in [2.75, 3.05) is 11.9 Å². The van der Waals surface area contributed by atoms with Gasteiger partial charge < -0.3 is 10.6 Å². The van der Waals surface area contributed by atoms with Crippen molar-refractivity contribution in [1.82, 2.24) is 0 Å². The van der Waals surface area contributed by atoms with Crippen molar-refractivity contribution in [3.63, 3.8) is 0 Å². The number of carbonyl (C=O) groups is 1. The number of hydrogen-bond donors (Lipinski definition) is 1. The van der Waals surface area contributed by atoms with Crippen LogP contribution in [0.2, 0.25) is 5.02 Å². The molecule has 0 saturated heterocycles. The van der Waals surface area contributed by atoms with Gasteiger partial charge in [-0.3, -0.25) is 4.79 Å². The van der Waals surface area contributed by atoms with E-state index in [4.69, 9.17) is 17.3 Å². The summed E-state index contributed by atoms with van der Waals surface area (Å²) in [5.74, 6) is -0.752. The van der Waals surface area contributed by atoms with E-state index in [0.717, 1.165) is 0 Å². The summed E-state index contributed by atoms with van der Waals surface area (Å²) in [5, 5.41) is 0.387. The topological polar surface area (TPSA) is 46.3 Å². The highest BCUT2D eigenvalue weighted by Crippen LogP contribution is 2.35. The first-order valence-electron chi connectivity index (χ1n) is 4.96. The van der Waals surface area contributed by atoms with Crippen molar-refractivity contribution in [1.29, 1.82) is 0 Å². The number of amides is 1. The summed E-state index contributed by atoms with van der Waals surface area (Å²) in [6, 6.07) is 4.09. The number of carbonyl (C=O) groups excluding carboxylic acids is 1. The van der Waals surface area contributed by atoms with Gasteiger partial charge in [-0.05, 0) is 31.0 Å². The van der Waals surface area contributed by atoms with Crippen LogP contribution in [0.5, 0.6) is 0 Å². The largest absolute Gasteiger partial charge is 0.317 e. The number of rotatable bonds is 2. The van der Waals surface area contributed by atoms with Gasteiger partial charge in [-0.2, -0.15) is 0 Å². The van der Waals surface area contributed by atoms with Gasteiger partial charge in [0.2, 0.25) is 5.91 Å². The molecule has 1 aliphatic rings. The molecule has 0 heterocycles. The summed E-state index contributed by atoms with van der Waals surface area (Å²) in [4.78, 5) is 13.1. The van der Waals surface area contributed by atoms with E-state index in [9.17, 15) is 9.18 Å². The van der Waals surface area contributed by atoms with Crippen LogP contribution in [0.25, 0.3) is 0 Å². The van der Waals surface area contributed by atoms with E-state index in [1.54, 1.807) is 0 Å². The summed E-state index contributed by atoms with van der Waals surface area (Å²) in [6.45, 7) is 0. The molecule has 1 aromatic carbocycles. The number of halogens is 2. The minimum atomic E-state index is -0.802. The normalized spacial score (nSPS) is 17.0. The third-order valence-electron chi connectivity index (χ3n) is 2.79. The van der Waals surface area contributed by atoms with Gasteiger partial charge in [0, 0.05) is 12.1 Å². The SMILES string of the molecule is CN(C(=O)C1(N)CC1)c1cc(Cl)ccc1F. The van der Waals surface area contributed by atoms with E-state index in [0.29, 0.717) is 17.9 Å². The maximum atomic E-state index is 13.5. The lowest BCUT2D eigenvalue weighted by molar-refractivity contribution is -0.120. The smallest absolute Gasteiger partial charge is 0.246 e. The molecule has 2 N–H and O–H groups in total. The molecule has 1 aliphatic carbocycles. The van der Waals surface area contributed by atoms with Crippen molar-refractivity contribution in [2.24, 2.45) is 5.73 Å². The Morgan fingerprint density at radius 1 is 1.56 bits per heavy atom. The summed E-state index contributed by atoms with van der Waals surface area (Å²) in [7, 11) is 1.50. The highest BCUT2D eigenvalue weighted by Gasteiger charge is 2.48. The molecule has 0 aliphatic heterocycles. The average molecular weight is 243 g/mol. The summed E-state index contributed by atoms with van der Waals surface area (Å²) < 4.78 is 13.5. The molecular weight excluding hydrogens is 231 g/mol. The van der Waals surface area contributed by atoms with Crippen molar-refractivity contribution in [3.8, 4) is 0 Å². The van der Waals surface area contributed by atoms with E-state index >= 15 is 0 Å². The fourth-order valence-corrected chi connectivity index (χ4v) is 1.70. The molecule has 0 bridgehead atoms.